The number of carbonyl (C=O) groups is 1. The number of nitrogens with one attached hydrogen (secondary N) is 1. The van der Waals surface area contributed by atoms with E-state index in [9.17, 15) is 4.79 Å². The molecule has 10 nitrogen and oxygen atoms in total. The summed E-state index contributed by atoms with van der Waals surface area (Å²) in [5.41, 5.74) is 5.50. The second kappa shape index (κ2) is 9.88. The van der Waals surface area contributed by atoms with Crippen LogP contribution in [0.2, 0.25) is 0 Å². The minimum atomic E-state index is -0.241. The van der Waals surface area contributed by atoms with Gasteiger partial charge in [-0.25, -0.2) is 0 Å². The molecule has 0 aliphatic heterocycles. The highest BCUT2D eigenvalue weighted by Crippen LogP contribution is 2.40. The second-order valence-corrected chi connectivity index (χ2v) is 8.70. The number of methoxy groups -OCH3 is 1. The molecule has 0 saturated carbocycles. The molecule has 1 aromatic carbocycles. The number of carbonyl (C=O) groups excluding carboxylic acids is 1. The maximum absolute atomic E-state index is 12.2. The number of amides is 1. The molecule has 5 rings (SSSR count). The Balaban J connectivity index is 1.74. The Bertz CT molecular complexity index is 1570. The lowest BCUT2D eigenvalue weighted by Crippen LogP contribution is -2.29. The Morgan fingerprint density at radius 2 is 2.03 bits per heavy atom. The van der Waals surface area contributed by atoms with E-state index >= 15 is 0 Å². The summed E-state index contributed by atoms with van der Waals surface area (Å²) in [5, 5.41) is 7.67. The van der Waals surface area contributed by atoms with Crippen LogP contribution in [0.5, 0.6) is 11.8 Å². The molecule has 10 heteroatoms. The van der Waals surface area contributed by atoms with Crippen LogP contribution in [0.15, 0.2) is 47.2 Å². The van der Waals surface area contributed by atoms with Gasteiger partial charge in [0.25, 0.3) is 11.9 Å². The number of fused-ring (bicyclic) bond motifs is 3. The molecule has 0 unspecified atom stereocenters. The van der Waals surface area contributed by atoms with Crippen LogP contribution in [0.3, 0.4) is 0 Å². The van der Waals surface area contributed by atoms with Crippen molar-refractivity contribution in [3.8, 4) is 22.9 Å². The van der Waals surface area contributed by atoms with Gasteiger partial charge >= 0.3 is 0 Å². The topological polar surface area (TPSA) is 117 Å². The molecule has 1 atom stereocenters. The van der Waals surface area contributed by atoms with Crippen molar-refractivity contribution in [2.45, 2.75) is 33.7 Å². The van der Waals surface area contributed by atoms with E-state index in [0.717, 1.165) is 38.9 Å². The summed E-state index contributed by atoms with van der Waals surface area (Å²) in [6.07, 6.45) is 3.46. The van der Waals surface area contributed by atoms with Crippen LogP contribution in [0.25, 0.3) is 33.1 Å². The molecule has 0 aliphatic rings. The zero-order valence-corrected chi connectivity index (χ0v) is 21.4. The molecule has 0 aliphatic carbocycles. The van der Waals surface area contributed by atoms with Gasteiger partial charge in [0.15, 0.2) is 6.61 Å². The maximum Gasteiger partial charge on any atom is 0.298 e. The highest BCUT2D eigenvalue weighted by Gasteiger charge is 2.24. The Kier molecular flexibility index (Phi) is 6.47. The predicted molar refractivity (Wildman–Crippen MR) is 139 cm³/mol. The van der Waals surface area contributed by atoms with E-state index < -0.39 is 0 Å². The average Bonchev–Trinajstić information content (AvgIpc) is 3.45. The smallest absolute Gasteiger partial charge is 0.298 e. The SMILES string of the molecule is CCNC(=O)COc1nc2cnc3cc(-c4c(C)noc4C)c(OC)cc3c2n1[C@H](C)c1ccccn1. The van der Waals surface area contributed by atoms with E-state index in [4.69, 9.17) is 24.0 Å². The zero-order chi connectivity index (χ0) is 26.1. The highest BCUT2D eigenvalue weighted by molar-refractivity contribution is 6.05. The van der Waals surface area contributed by atoms with Gasteiger partial charge in [-0.3, -0.25) is 19.3 Å². The number of ether oxygens (including phenoxy) is 2. The number of aryl methyl sites for hydroxylation is 2. The maximum atomic E-state index is 12.2. The summed E-state index contributed by atoms with van der Waals surface area (Å²) < 4.78 is 19.1. The zero-order valence-electron chi connectivity index (χ0n) is 21.4. The number of rotatable bonds is 8. The van der Waals surface area contributed by atoms with Crippen LogP contribution in [0.4, 0.5) is 0 Å². The lowest BCUT2D eigenvalue weighted by atomic mass is 10.0. The molecule has 0 fully saturated rings. The molecular formula is C27H28N6O4. The molecule has 0 bridgehead atoms. The van der Waals surface area contributed by atoms with Gasteiger partial charge in [-0.1, -0.05) is 11.2 Å². The number of nitrogens with zero attached hydrogens (tertiary/aromatic N) is 5. The third-order valence-corrected chi connectivity index (χ3v) is 6.32. The number of pyridine rings is 2. The number of hydrogen-bond donors (Lipinski definition) is 1. The van der Waals surface area contributed by atoms with Crippen LogP contribution in [-0.2, 0) is 4.79 Å². The van der Waals surface area contributed by atoms with Crippen molar-refractivity contribution in [2.24, 2.45) is 0 Å². The van der Waals surface area contributed by atoms with Crippen LogP contribution >= 0.6 is 0 Å². The quantitative estimate of drug-likeness (QED) is 0.334. The second-order valence-electron chi connectivity index (χ2n) is 8.70. The Morgan fingerprint density at radius 3 is 2.70 bits per heavy atom. The van der Waals surface area contributed by atoms with Gasteiger partial charge in [-0.2, -0.15) is 4.98 Å². The first kappa shape index (κ1) is 24.2. The molecule has 4 aromatic heterocycles. The fourth-order valence-electron chi connectivity index (χ4n) is 4.61. The fraction of sp³-hybridized carbons (Fsp3) is 0.296. The predicted octanol–water partition coefficient (Wildman–Crippen LogP) is 4.38. The van der Waals surface area contributed by atoms with Crippen molar-refractivity contribution < 1.29 is 18.8 Å². The van der Waals surface area contributed by atoms with Crippen molar-refractivity contribution in [2.75, 3.05) is 20.3 Å². The summed E-state index contributed by atoms with van der Waals surface area (Å²) in [6.45, 7) is 8.01. The lowest BCUT2D eigenvalue weighted by Gasteiger charge is -2.18. The van der Waals surface area contributed by atoms with E-state index in [1.165, 1.54) is 0 Å². The molecule has 4 heterocycles. The van der Waals surface area contributed by atoms with Crippen molar-refractivity contribution in [1.82, 2.24) is 30.0 Å². The van der Waals surface area contributed by atoms with Gasteiger partial charge in [-0.15, -0.1) is 0 Å². The average molecular weight is 501 g/mol. The number of benzene rings is 1. The Morgan fingerprint density at radius 1 is 1.19 bits per heavy atom. The van der Waals surface area contributed by atoms with Crippen LogP contribution < -0.4 is 14.8 Å². The minimum Gasteiger partial charge on any atom is -0.496 e. The highest BCUT2D eigenvalue weighted by atomic mass is 16.5. The van der Waals surface area contributed by atoms with E-state index in [1.54, 1.807) is 19.5 Å². The van der Waals surface area contributed by atoms with Gasteiger partial charge in [0, 0.05) is 23.7 Å². The van der Waals surface area contributed by atoms with E-state index in [0.29, 0.717) is 29.6 Å². The molecule has 1 N–H and O–H groups in total. The number of hydrogen-bond acceptors (Lipinski definition) is 8. The monoisotopic (exact) mass is 500 g/mol. The van der Waals surface area contributed by atoms with E-state index in [-0.39, 0.29) is 18.6 Å². The van der Waals surface area contributed by atoms with Crippen LogP contribution in [0.1, 0.15) is 37.0 Å². The van der Waals surface area contributed by atoms with E-state index in [2.05, 4.69) is 15.5 Å². The molecule has 5 aromatic rings. The Hall–Kier alpha value is -4.47. The fourth-order valence-corrected chi connectivity index (χ4v) is 4.61. The summed E-state index contributed by atoms with van der Waals surface area (Å²) in [4.78, 5) is 26.1. The summed E-state index contributed by atoms with van der Waals surface area (Å²) in [5.74, 6) is 1.13. The first-order valence-corrected chi connectivity index (χ1v) is 12.0. The number of likely N-dealkylation sites (N-methyl/N-ethyl adjacent to an activating group) is 1. The molecular weight excluding hydrogens is 472 g/mol. The summed E-state index contributed by atoms with van der Waals surface area (Å²) in [6, 6.07) is 9.74. The standard InChI is InChI=1S/C27H28N6O4/c1-6-28-24(34)14-36-27-31-22-13-30-21-11-19(25-15(2)32-37-17(25)4)23(35-5)12-18(21)26(22)33(27)16(3)20-9-7-8-10-29-20/h7-13,16H,6,14H2,1-5H3,(H,28,34)/t16-/m1/s1. The summed E-state index contributed by atoms with van der Waals surface area (Å²) in [7, 11) is 1.63. The lowest BCUT2D eigenvalue weighted by molar-refractivity contribution is -0.123. The van der Waals surface area contributed by atoms with E-state index in [1.807, 2.05) is 62.6 Å². The normalized spacial score (nSPS) is 12.1. The van der Waals surface area contributed by atoms with Crippen LogP contribution in [0, 0.1) is 13.8 Å². The number of aromatic nitrogens is 5. The Labute approximate surface area is 213 Å². The molecule has 0 spiro atoms. The van der Waals surface area contributed by atoms with Crippen LogP contribution in [-0.4, -0.2) is 50.8 Å². The van der Waals surface area contributed by atoms with Crippen molar-refractivity contribution >= 4 is 27.8 Å². The van der Waals surface area contributed by atoms with Crippen molar-refractivity contribution in [3.63, 3.8) is 0 Å². The van der Waals surface area contributed by atoms with Gasteiger partial charge in [0.1, 0.15) is 17.0 Å². The van der Waals surface area contributed by atoms with Crippen molar-refractivity contribution in [1.29, 1.82) is 0 Å². The molecule has 190 valence electrons. The molecule has 37 heavy (non-hydrogen) atoms. The summed E-state index contributed by atoms with van der Waals surface area (Å²) >= 11 is 0. The minimum absolute atomic E-state index is 0.156. The first-order chi connectivity index (χ1) is 17.9. The molecule has 0 saturated heterocycles. The van der Waals surface area contributed by atoms with Gasteiger partial charge < -0.3 is 19.3 Å². The third kappa shape index (κ3) is 4.35. The van der Waals surface area contributed by atoms with Gasteiger partial charge in [-0.05, 0) is 52.0 Å². The largest absolute Gasteiger partial charge is 0.496 e. The molecule has 0 radical (unpaired) electrons. The van der Waals surface area contributed by atoms with Gasteiger partial charge in [0.2, 0.25) is 0 Å². The first-order valence-electron chi connectivity index (χ1n) is 12.0. The van der Waals surface area contributed by atoms with Crippen molar-refractivity contribution in [3.05, 3.63) is 59.9 Å². The third-order valence-electron chi connectivity index (χ3n) is 6.32. The van der Waals surface area contributed by atoms with Gasteiger partial charge in [0.05, 0.1) is 47.3 Å². The molecule has 1 amide bonds. The number of imidazole rings is 1.